The highest BCUT2D eigenvalue weighted by Gasteiger charge is 2.21. The summed E-state index contributed by atoms with van der Waals surface area (Å²) in [4.78, 5) is 15.5. The number of rotatable bonds is 3. The van der Waals surface area contributed by atoms with Gasteiger partial charge in [-0.2, -0.15) is 5.26 Å². The molecule has 0 amide bonds. The maximum absolute atomic E-state index is 10.3. The van der Waals surface area contributed by atoms with Crippen LogP contribution in [0.5, 0.6) is 0 Å². The third-order valence-electron chi connectivity index (χ3n) is 6.92. The summed E-state index contributed by atoms with van der Waals surface area (Å²) in [6.07, 6.45) is 0. The van der Waals surface area contributed by atoms with Gasteiger partial charge in [-0.3, -0.25) is 0 Å². The number of nitriles is 1. The summed E-state index contributed by atoms with van der Waals surface area (Å²) in [5.41, 5.74) is 7.53. The Balaban J connectivity index is 1.70. The lowest BCUT2D eigenvalue weighted by Crippen LogP contribution is -2.00. The molecule has 0 radical (unpaired) electrons. The van der Waals surface area contributed by atoms with Crippen molar-refractivity contribution in [3.05, 3.63) is 126 Å². The van der Waals surface area contributed by atoms with Crippen LogP contribution in [0, 0.1) is 11.3 Å². The first-order chi connectivity index (χ1) is 19.2. The number of hydrogen-bond donors (Lipinski definition) is 0. The van der Waals surface area contributed by atoms with E-state index in [1.165, 1.54) is 0 Å². The quantitative estimate of drug-likeness (QED) is 0.219. The lowest BCUT2D eigenvalue weighted by atomic mass is 9.95. The number of benzene rings is 5. The van der Waals surface area contributed by atoms with Crippen molar-refractivity contribution in [1.29, 1.82) is 5.26 Å². The Morgan fingerprint density at radius 2 is 1.15 bits per heavy atom. The van der Waals surface area contributed by atoms with Crippen LogP contribution < -0.4 is 0 Å². The molecule has 0 saturated carbocycles. The molecule has 0 unspecified atom stereocenters. The average Bonchev–Trinajstić information content (AvgIpc) is 3.00. The zero-order valence-electron chi connectivity index (χ0n) is 20.6. The Kier molecular flexibility index (Phi) is 5.51. The van der Waals surface area contributed by atoms with Crippen molar-refractivity contribution in [2.24, 2.45) is 0 Å². The zero-order valence-corrected chi connectivity index (χ0v) is 21.4. The summed E-state index contributed by atoms with van der Waals surface area (Å²) in [7, 11) is 0. The number of aromatic nitrogens is 3. The molecule has 2 heterocycles. The van der Waals surface area contributed by atoms with Crippen LogP contribution in [0.25, 0.3) is 66.5 Å². The Morgan fingerprint density at radius 1 is 0.538 bits per heavy atom. The van der Waals surface area contributed by atoms with Gasteiger partial charge in [0.25, 0.3) is 0 Å². The van der Waals surface area contributed by atoms with Crippen molar-refractivity contribution in [2.45, 2.75) is 0 Å². The minimum Gasteiger partial charge on any atom is -0.247 e. The van der Waals surface area contributed by atoms with Crippen molar-refractivity contribution in [1.82, 2.24) is 15.0 Å². The van der Waals surface area contributed by atoms with E-state index in [9.17, 15) is 5.26 Å². The number of para-hydroxylation sites is 1. The molecule has 7 rings (SSSR count). The van der Waals surface area contributed by atoms with Crippen LogP contribution in [0.3, 0.4) is 0 Å². The van der Waals surface area contributed by atoms with Crippen molar-refractivity contribution in [3.63, 3.8) is 0 Å². The molecule has 0 aliphatic rings. The predicted octanol–water partition coefficient (Wildman–Crippen LogP) is 8.86. The smallest absolute Gasteiger partial charge is 0.108 e. The summed E-state index contributed by atoms with van der Waals surface area (Å²) in [6.45, 7) is 0. The fourth-order valence-electron chi connectivity index (χ4n) is 5.17. The minimum atomic E-state index is 0.446. The van der Waals surface area contributed by atoms with Crippen LogP contribution in [0.4, 0.5) is 0 Å². The lowest BCUT2D eigenvalue weighted by molar-refractivity contribution is 1.29. The highest BCUT2D eigenvalue weighted by Crippen LogP contribution is 2.40. The molecule has 182 valence electrons. The second kappa shape index (κ2) is 9.33. The van der Waals surface area contributed by atoms with E-state index in [1.54, 1.807) is 0 Å². The van der Waals surface area contributed by atoms with Crippen molar-refractivity contribution >= 4 is 44.3 Å². The predicted molar refractivity (Wildman–Crippen MR) is 158 cm³/mol. The molecule has 2 aromatic heterocycles. The van der Waals surface area contributed by atoms with Gasteiger partial charge in [0.1, 0.15) is 11.6 Å². The van der Waals surface area contributed by atoms with Gasteiger partial charge in [-0.25, -0.2) is 15.0 Å². The summed E-state index contributed by atoms with van der Waals surface area (Å²) in [6, 6.07) is 40.0. The number of hydrogen-bond acceptors (Lipinski definition) is 4. The molecule has 4 nitrogen and oxygen atoms in total. The van der Waals surface area contributed by atoms with E-state index in [4.69, 9.17) is 26.6 Å². The second-order valence-electron chi connectivity index (χ2n) is 9.30. The molecule has 0 spiro atoms. The highest BCUT2D eigenvalue weighted by atomic mass is 35.5. The lowest BCUT2D eigenvalue weighted by Gasteiger charge is -2.16. The normalized spacial score (nSPS) is 11.2. The van der Waals surface area contributed by atoms with Crippen LogP contribution in [-0.2, 0) is 0 Å². The number of nitrogens with zero attached hydrogens (tertiary/aromatic N) is 4. The van der Waals surface area contributed by atoms with Crippen molar-refractivity contribution < 1.29 is 0 Å². The van der Waals surface area contributed by atoms with E-state index >= 15 is 0 Å². The minimum absolute atomic E-state index is 0.446. The molecule has 0 N–H and O–H groups in total. The molecule has 5 heteroatoms. The van der Waals surface area contributed by atoms with Crippen LogP contribution in [0.1, 0.15) is 5.56 Å². The molecule has 0 saturated heterocycles. The fourth-order valence-corrected chi connectivity index (χ4v) is 5.36. The molecule has 0 fully saturated rings. The number of halogens is 1. The van der Waals surface area contributed by atoms with E-state index in [2.05, 4.69) is 6.07 Å². The third-order valence-corrected chi connectivity index (χ3v) is 7.15. The summed E-state index contributed by atoms with van der Waals surface area (Å²) in [5.74, 6) is 0. The first-order valence-electron chi connectivity index (χ1n) is 12.6. The Labute approximate surface area is 229 Å². The molecule has 0 bridgehead atoms. The standard InChI is InChI=1S/C34H19ClN4/c35-25-15-9-14-23(18-25)30-27-19-24(20-36)33-34(29(27)26-16-7-8-17-28(26)37-30)39-32(22-12-5-2-6-13-22)31(38-33)21-10-3-1-4-11-21/h1-19H. The fraction of sp³-hybridized carbons (Fsp3) is 0. The van der Waals surface area contributed by atoms with Crippen LogP contribution >= 0.6 is 11.6 Å². The van der Waals surface area contributed by atoms with Crippen LogP contribution in [0.15, 0.2) is 115 Å². The molecule has 0 aliphatic carbocycles. The first kappa shape index (κ1) is 23.0. The van der Waals surface area contributed by atoms with Gasteiger partial charge >= 0.3 is 0 Å². The topological polar surface area (TPSA) is 62.5 Å². The third kappa shape index (κ3) is 3.88. The van der Waals surface area contributed by atoms with Gasteiger partial charge in [0.15, 0.2) is 0 Å². The van der Waals surface area contributed by atoms with E-state index in [-0.39, 0.29) is 0 Å². The van der Waals surface area contributed by atoms with Gasteiger partial charge in [0.05, 0.1) is 33.7 Å². The summed E-state index contributed by atoms with van der Waals surface area (Å²) >= 11 is 6.38. The second-order valence-corrected chi connectivity index (χ2v) is 9.73. The Bertz CT molecular complexity index is 2080. The number of fused-ring (bicyclic) bond motifs is 5. The van der Waals surface area contributed by atoms with E-state index in [1.807, 2.05) is 115 Å². The SMILES string of the molecule is N#Cc1cc2c(-c3cccc(Cl)c3)nc3ccccc3c2c2nc(-c3ccccc3)c(-c3ccccc3)nc12. The van der Waals surface area contributed by atoms with E-state index in [0.717, 1.165) is 55.4 Å². The van der Waals surface area contributed by atoms with Crippen molar-refractivity contribution in [3.8, 4) is 39.8 Å². The summed E-state index contributed by atoms with van der Waals surface area (Å²) < 4.78 is 0. The molecule has 5 aromatic carbocycles. The highest BCUT2D eigenvalue weighted by molar-refractivity contribution is 6.31. The molecule has 0 aliphatic heterocycles. The maximum atomic E-state index is 10.3. The van der Waals surface area contributed by atoms with Crippen molar-refractivity contribution in [2.75, 3.05) is 0 Å². The van der Waals surface area contributed by atoms with Gasteiger partial charge < -0.3 is 0 Å². The Hall–Kier alpha value is -5.11. The van der Waals surface area contributed by atoms with Crippen LogP contribution in [-0.4, -0.2) is 15.0 Å². The average molecular weight is 519 g/mol. The van der Waals surface area contributed by atoms with E-state index < -0.39 is 0 Å². The maximum Gasteiger partial charge on any atom is 0.108 e. The first-order valence-corrected chi connectivity index (χ1v) is 12.9. The summed E-state index contributed by atoms with van der Waals surface area (Å²) in [5, 5.41) is 13.6. The number of pyridine rings is 1. The molecule has 0 atom stereocenters. The molecule has 39 heavy (non-hydrogen) atoms. The van der Waals surface area contributed by atoms with Crippen LogP contribution in [0.2, 0.25) is 5.02 Å². The van der Waals surface area contributed by atoms with Gasteiger partial charge in [-0.15, -0.1) is 0 Å². The monoisotopic (exact) mass is 518 g/mol. The van der Waals surface area contributed by atoms with Gasteiger partial charge in [0, 0.05) is 37.9 Å². The largest absolute Gasteiger partial charge is 0.247 e. The molecule has 7 aromatic rings. The zero-order chi connectivity index (χ0) is 26.3. The Morgan fingerprint density at radius 3 is 1.82 bits per heavy atom. The molecular weight excluding hydrogens is 500 g/mol. The van der Waals surface area contributed by atoms with Gasteiger partial charge in [-0.1, -0.05) is 103 Å². The van der Waals surface area contributed by atoms with Gasteiger partial charge in [0.2, 0.25) is 0 Å². The molecular formula is C34H19ClN4. The van der Waals surface area contributed by atoms with Gasteiger partial charge in [-0.05, 0) is 24.3 Å². The van der Waals surface area contributed by atoms with E-state index in [0.29, 0.717) is 21.6 Å².